The van der Waals surface area contributed by atoms with Crippen LogP contribution in [0.3, 0.4) is 0 Å². The molecular formula is C21H26N6. The van der Waals surface area contributed by atoms with E-state index >= 15 is 0 Å². The predicted molar refractivity (Wildman–Crippen MR) is 107 cm³/mol. The Morgan fingerprint density at radius 1 is 1.19 bits per heavy atom. The van der Waals surface area contributed by atoms with Gasteiger partial charge >= 0.3 is 0 Å². The standard InChI is InChI=1S/C21H26N6/c1-15(2)13-27-14-23-10-17(27)11-24-21-18-8-9-22-12-19(18)25-20(26-21)16-6-4-3-5-7-16/h3-7,10,14-15,22H,8-9,11-13H2,1-2H3,(H,24,25,26). The molecule has 2 aromatic heterocycles. The van der Waals surface area contributed by atoms with Crippen LogP contribution in [0.2, 0.25) is 0 Å². The van der Waals surface area contributed by atoms with Gasteiger partial charge in [-0.2, -0.15) is 0 Å². The van der Waals surface area contributed by atoms with Gasteiger partial charge in [-0.15, -0.1) is 0 Å². The molecule has 0 saturated heterocycles. The normalized spacial score (nSPS) is 13.6. The molecule has 0 spiro atoms. The van der Waals surface area contributed by atoms with E-state index in [4.69, 9.17) is 9.97 Å². The molecule has 3 heterocycles. The van der Waals surface area contributed by atoms with Crippen molar-refractivity contribution in [3.05, 3.63) is 59.8 Å². The van der Waals surface area contributed by atoms with Crippen LogP contribution in [0.25, 0.3) is 11.4 Å². The van der Waals surface area contributed by atoms with Crippen LogP contribution in [0.5, 0.6) is 0 Å². The lowest BCUT2D eigenvalue weighted by atomic mass is 10.1. The van der Waals surface area contributed by atoms with Gasteiger partial charge in [0.2, 0.25) is 0 Å². The summed E-state index contributed by atoms with van der Waals surface area (Å²) in [5.74, 6) is 2.30. The Bertz CT molecular complexity index is 900. The van der Waals surface area contributed by atoms with Crippen molar-refractivity contribution in [2.45, 2.75) is 39.9 Å². The molecule has 0 unspecified atom stereocenters. The molecule has 27 heavy (non-hydrogen) atoms. The third kappa shape index (κ3) is 4.01. The lowest BCUT2D eigenvalue weighted by molar-refractivity contribution is 0.511. The summed E-state index contributed by atoms with van der Waals surface area (Å²) in [5, 5.41) is 6.97. The number of anilines is 1. The van der Waals surface area contributed by atoms with Crippen LogP contribution in [0.15, 0.2) is 42.9 Å². The Morgan fingerprint density at radius 2 is 2.04 bits per heavy atom. The molecule has 0 atom stereocenters. The van der Waals surface area contributed by atoms with Crippen LogP contribution < -0.4 is 10.6 Å². The Kier molecular flexibility index (Phi) is 5.16. The van der Waals surface area contributed by atoms with Gasteiger partial charge in [-0.1, -0.05) is 44.2 Å². The summed E-state index contributed by atoms with van der Waals surface area (Å²) in [6.45, 7) is 7.86. The number of fused-ring (bicyclic) bond motifs is 1. The van der Waals surface area contributed by atoms with Crippen molar-refractivity contribution in [1.29, 1.82) is 0 Å². The molecule has 1 aromatic carbocycles. The average Bonchev–Trinajstić information content (AvgIpc) is 3.13. The van der Waals surface area contributed by atoms with Crippen molar-refractivity contribution in [3.8, 4) is 11.4 Å². The highest BCUT2D eigenvalue weighted by Gasteiger charge is 2.18. The number of hydrogen-bond donors (Lipinski definition) is 2. The van der Waals surface area contributed by atoms with Crippen molar-refractivity contribution < 1.29 is 0 Å². The fraction of sp³-hybridized carbons (Fsp3) is 0.381. The Balaban J connectivity index is 1.63. The number of nitrogens with zero attached hydrogens (tertiary/aromatic N) is 4. The van der Waals surface area contributed by atoms with Gasteiger partial charge in [0.15, 0.2) is 5.82 Å². The van der Waals surface area contributed by atoms with Gasteiger partial charge in [0.25, 0.3) is 0 Å². The monoisotopic (exact) mass is 362 g/mol. The van der Waals surface area contributed by atoms with Gasteiger partial charge in [0, 0.05) is 30.4 Å². The molecule has 0 bridgehead atoms. The first kappa shape index (κ1) is 17.7. The largest absolute Gasteiger partial charge is 0.364 e. The van der Waals surface area contributed by atoms with Crippen LogP contribution in [-0.4, -0.2) is 26.1 Å². The van der Waals surface area contributed by atoms with Gasteiger partial charge in [0.1, 0.15) is 5.82 Å². The molecule has 0 fully saturated rings. The third-order valence-electron chi connectivity index (χ3n) is 4.77. The third-order valence-corrected chi connectivity index (χ3v) is 4.77. The first-order chi connectivity index (χ1) is 13.2. The summed E-state index contributed by atoms with van der Waals surface area (Å²) in [5.41, 5.74) is 4.53. The van der Waals surface area contributed by atoms with Crippen molar-refractivity contribution in [1.82, 2.24) is 24.8 Å². The van der Waals surface area contributed by atoms with Crippen LogP contribution in [0.4, 0.5) is 5.82 Å². The molecule has 0 radical (unpaired) electrons. The molecule has 0 saturated carbocycles. The van der Waals surface area contributed by atoms with Crippen molar-refractivity contribution in [2.24, 2.45) is 5.92 Å². The van der Waals surface area contributed by atoms with E-state index in [0.29, 0.717) is 12.5 Å². The van der Waals surface area contributed by atoms with E-state index in [9.17, 15) is 0 Å². The van der Waals surface area contributed by atoms with Crippen molar-refractivity contribution in [3.63, 3.8) is 0 Å². The fourth-order valence-corrected chi connectivity index (χ4v) is 3.45. The molecule has 4 rings (SSSR count). The van der Waals surface area contributed by atoms with E-state index in [2.05, 4.69) is 46.2 Å². The second-order valence-electron chi connectivity index (χ2n) is 7.40. The Hall–Kier alpha value is -2.73. The van der Waals surface area contributed by atoms with E-state index in [1.54, 1.807) is 0 Å². The zero-order valence-electron chi connectivity index (χ0n) is 15.9. The van der Waals surface area contributed by atoms with Gasteiger partial charge in [-0.3, -0.25) is 0 Å². The Morgan fingerprint density at radius 3 is 2.85 bits per heavy atom. The number of nitrogens with one attached hydrogen (secondary N) is 2. The SMILES string of the molecule is CC(C)Cn1cncc1CNc1nc(-c2ccccc2)nc2c1CCNC2. The number of benzene rings is 1. The molecule has 1 aliphatic rings. The smallest absolute Gasteiger partial charge is 0.161 e. The molecule has 6 nitrogen and oxygen atoms in total. The van der Waals surface area contributed by atoms with Crippen LogP contribution in [0, 0.1) is 5.92 Å². The molecule has 2 N–H and O–H groups in total. The molecule has 0 aliphatic carbocycles. The lowest BCUT2D eigenvalue weighted by Crippen LogP contribution is -2.26. The molecule has 1 aliphatic heterocycles. The minimum absolute atomic E-state index is 0.584. The van der Waals surface area contributed by atoms with Gasteiger partial charge in [0.05, 0.1) is 24.3 Å². The highest BCUT2D eigenvalue weighted by molar-refractivity contribution is 5.60. The van der Waals surface area contributed by atoms with Gasteiger partial charge in [-0.05, 0) is 18.9 Å². The van der Waals surface area contributed by atoms with E-state index < -0.39 is 0 Å². The average molecular weight is 362 g/mol. The van der Waals surface area contributed by atoms with E-state index in [1.807, 2.05) is 30.7 Å². The zero-order valence-corrected chi connectivity index (χ0v) is 15.9. The first-order valence-electron chi connectivity index (χ1n) is 9.59. The lowest BCUT2D eigenvalue weighted by Gasteiger charge is -2.21. The van der Waals surface area contributed by atoms with E-state index in [1.165, 1.54) is 11.3 Å². The maximum absolute atomic E-state index is 4.87. The molecule has 6 heteroatoms. The minimum atomic E-state index is 0.584. The minimum Gasteiger partial charge on any atom is -0.364 e. The summed E-state index contributed by atoms with van der Waals surface area (Å²) in [6, 6.07) is 10.2. The number of rotatable bonds is 6. The maximum atomic E-state index is 4.87. The topological polar surface area (TPSA) is 67.7 Å². The zero-order chi connectivity index (χ0) is 18.6. The van der Waals surface area contributed by atoms with Gasteiger partial charge in [-0.25, -0.2) is 15.0 Å². The fourth-order valence-electron chi connectivity index (χ4n) is 3.45. The quantitative estimate of drug-likeness (QED) is 0.704. The highest BCUT2D eigenvalue weighted by atomic mass is 15.1. The molecule has 140 valence electrons. The number of hydrogen-bond acceptors (Lipinski definition) is 5. The van der Waals surface area contributed by atoms with Crippen LogP contribution in [-0.2, 0) is 26.1 Å². The summed E-state index contributed by atoms with van der Waals surface area (Å²) < 4.78 is 2.21. The van der Waals surface area contributed by atoms with E-state index in [-0.39, 0.29) is 0 Å². The molecule has 3 aromatic rings. The summed E-state index contributed by atoms with van der Waals surface area (Å²) in [4.78, 5) is 14.0. The maximum Gasteiger partial charge on any atom is 0.161 e. The molecular weight excluding hydrogens is 336 g/mol. The summed E-state index contributed by atoms with van der Waals surface area (Å²) in [7, 11) is 0. The first-order valence-corrected chi connectivity index (χ1v) is 9.59. The van der Waals surface area contributed by atoms with Crippen LogP contribution in [0.1, 0.15) is 30.8 Å². The van der Waals surface area contributed by atoms with Gasteiger partial charge < -0.3 is 15.2 Å². The van der Waals surface area contributed by atoms with Crippen molar-refractivity contribution >= 4 is 5.82 Å². The summed E-state index contributed by atoms with van der Waals surface area (Å²) in [6.07, 6.45) is 4.78. The molecule has 0 amide bonds. The Labute approximate surface area is 160 Å². The second-order valence-corrected chi connectivity index (χ2v) is 7.40. The number of aromatic nitrogens is 4. The van der Waals surface area contributed by atoms with Crippen LogP contribution >= 0.6 is 0 Å². The highest BCUT2D eigenvalue weighted by Crippen LogP contribution is 2.25. The summed E-state index contributed by atoms with van der Waals surface area (Å²) >= 11 is 0. The van der Waals surface area contributed by atoms with E-state index in [0.717, 1.165) is 49.0 Å². The second kappa shape index (κ2) is 7.88. The number of imidazole rings is 1. The predicted octanol–water partition coefficient (Wildman–Crippen LogP) is 3.25. The van der Waals surface area contributed by atoms with Crippen molar-refractivity contribution in [2.75, 3.05) is 11.9 Å².